The van der Waals surface area contributed by atoms with Gasteiger partial charge in [-0.25, -0.2) is 13.8 Å². The van der Waals surface area contributed by atoms with Crippen LogP contribution in [0.5, 0.6) is 0 Å². The Balaban J connectivity index is 1.76. The van der Waals surface area contributed by atoms with Crippen molar-refractivity contribution in [1.29, 1.82) is 0 Å². The molecule has 2 aromatic carbocycles. The fourth-order valence-electron chi connectivity index (χ4n) is 3.25. The predicted octanol–water partition coefficient (Wildman–Crippen LogP) is 2.88. The zero-order valence-electron chi connectivity index (χ0n) is 16.8. The summed E-state index contributed by atoms with van der Waals surface area (Å²) in [4.78, 5) is 41.9. The summed E-state index contributed by atoms with van der Waals surface area (Å²) >= 11 is 0. The van der Waals surface area contributed by atoms with Crippen molar-refractivity contribution in [3.05, 3.63) is 75.8 Å². The number of aromatic nitrogens is 2. The molecule has 162 valence electrons. The lowest BCUT2D eigenvalue weighted by molar-refractivity contribution is -0.138. The maximum atomic E-state index is 13.5. The zero-order valence-corrected chi connectivity index (χ0v) is 16.8. The van der Waals surface area contributed by atoms with Gasteiger partial charge in [0, 0.05) is 26.1 Å². The maximum Gasteiger partial charge on any atom is 0.305 e. The number of fused-ring (bicyclic) bond motifs is 1. The van der Waals surface area contributed by atoms with Crippen LogP contribution in [-0.4, -0.2) is 38.0 Å². The molecule has 0 saturated carbocycles. The minimum atomic E-state index is -1.09. The van der Waals surface area contributed by atoms with Crippen LogP contribution in [0.15, 0.2) is 47.5 Å². The molecule has 0 unspecified atom stereocenters. The highest BCUT2D eigenvalue weighted by Crippen LogP contribution is 2.14. The number of carbonyl (C=O) groups excluding carboxylic acids is 1. The van der Waals surface area contributed by atoms with E-state index in [1.807, 2.05) is 13.0 Å². The number of carboxylic acid groups (broad SMARTS) is 1. The number of benzene rings is 2. The van der Waals surface area contributed by atoms with Gasteiger partial charge in [0.25, 0.3) is 5.56 Å². The first-order valence-corrected chi connectivity index (χ1v) is 9.64. The SMILES string of the molecule is Cc1cccc2c(=O)n(CCC(=O)N(CCC(=O)O)Cc3ccc(F)c(F)c3)cnc12. The molecule has 0 aliphatic heterocycles. The molecule has 9 heteroatoms. The average molecular weight is 429 g/mol. The number of hydrogen-bond acceptors (Lipinski definition) is 4. The first-order chi connectivity index (χ1) is 14.8. The lowest BCUT2D eigenvalue weighted by Crippen LogP contribution is -2.34. The van der Waals surface area contributed by atoms with E-state index in [2.05, 4.69) is 4.98 Å². The van der Waals surface area contributed by atoms with Crippen LogP contribution in [0.3, 0.4) is 0 Å². The van der Waals surface area contributed by atoms with Gasteiger partial charge < -0.3 is 10.0 Å². The summed E-state index contributed by atoms with van der Waals surface area (Å²) in [5.74, 6) is -3.56. The minimum absolute atomic E-state index is 0.0515. The van der Waals surface area contributed by atoms with Crippen LogP contribution in [-0.2, 0) is 22.7 Å². The van der Waals surface area contributed by atoms with Crippen LogP contribution in [0.4, 0.5) is 8.78 Å². The third-order valence-corrected chi connectivity index (χ3v) is 4.93. The molecule has 0 atom stereocenters. The predicted molar refractivity (Wildman–Crippen MR) is 109 cm³/mol. The molecule has 7 nitrogen and oxygen atoms in total. The van der Waals surface area contributed by atoms with Crippen molar-refractivity contribution in [2.45, 2.75) is 32.9 Å². The molecule has 3 rings (SSSR count). The topological polar surface area (TPSA) is 92.5 Å². The van der Waals surface area contributed by atoms with E-state index >= 15 is 0 Å². The monoisotopic (exact) mass is 429 g/mol. The number of carboxylic acids is 1. The smallest absolute Gasteiger partial charge is 0.305 e. The summed E-state index contributed by atoms with van der Waals surface area (Å²) in [5.41, 5.74) is 1.51. The normalized spacial score (nSPS) is 10.9. The largest absolute Gasteiger partial charge is 0.481 e. The number of hydrogen-bond donors (Lipinski definition) is 1. The molecular formula is C22H21F2N3O4. The van der Waals surface area contributed by atoms with E-state index in [4.69, 9.17) is 5.11 Å². The maximum absolute atomic E-state index is 13.5. The first kappa shape index (κ1) is 22.1. The molecule has 0 fully saturated rings. The fraction of sp³-hybridized carbons (Fsp3) is 0.273. The van der Waals surface area contributed by atoms with Crippen molar-refractivity contribution < 1.29 is 23.5 Å². The van der Waals surface area contributed by atoms with Crippen molar-refractivity contribution in [3.8, 4) is 0 Å². The van der Waals surface area contributed by atoms with Gasteiger partial charge in [-0.15, -0.1) is 0 Å². The summed E-state index contributed by atoms with van der Waals surface area (Å²) in [6.07, 6.45) is 0.996. The van der Waals surface area contributed by atoms with Crippen LogP contribution in [0.25, 0.3) is 10.9 Å². The minimum Gasteiger partial charge on any atom is -0.481 e. The van der Waals surface area contributed by atoms with Crippen LogP contribution in [0.2, 0.25) is 0 Å². The molecule has 1 amide bonds. The summed E-state index contributed by atoms with van der Waals surface area (Å²) in [7, 11) is 0. The molecule has 1 aromatic heterocycles. The highest BCUT2D eigenvalue weighted by atomic mass is 19.2. The van der Waals surface area contributed by atoms with Gasteiger partial charge >= 0.3 is 5.97 Å². The highest BCUT2D eigenvalue weighted by Gasteiger charge is 2.17. The molecule has 0 bridgehead atoms. The summed E-state index contributed by atoms with van der Waals surface area (Å²) < 4.78 is 28.0. The Bertz CT molecular complexity index is 1190. The molecule has 0 aliphatic rings. The highest BCUT2D eigenvalue weighted by molar-refractivity contribution is 5.80. The third kappa shape index (κ3) is 5.30. The van der Waals surface area contributed by atoms with E-state index in [-0.39, 0.29) is 38.0 Å². The number of para-hydroxylation sites is 1. The van der Waals surface area contributed by atoms with E-state index in [1.54, 1.807) is 12.1 Å². The number of aryl methyl sites for hydroxylation is 2. The zero-order chi connectivity index (χ0) is 22.5. The molecule has 0 aliphatic carbocycles. The van der Waals surface area contributed by atoms with Crippen molar-refractivity contribution >= 4 is 22.8 Å². The molecule has 0 radical (unpaired) electrons. The second-order valence-corrected chi connectivity index (χ2v) is 7.17. The van der Waals surface area contributed by atoms with Crippen molar-refractivity contribution in [1.82, 2.24) is 14.5 Å². The van der Waals surface area contributed by atoms with Gasteiger partial charge in [0.1, 0.15) is 0 Å². The number of nitrogens with zero attached hydrogens (tertiary/aromatic N) is 3. The molecular weight excluding hydrogens is 408 g/mol. The second-order valence-electron chi connectivity index (χ2n) is 7.17. The van der Waals surface area contributed by atoms with Crippen LogP contribution in [0.1, 0.15) is 24.0 Å². The van der Waals surface area contributed by atoms with Gasteiger partial charge in [0.2, 0.25) is 5.91 Å². The van der Waals surface area contributed by atoms with Gasteiger partial charge in [0.15, 0.2) is 11.6 Å². The van der Waals surface area contributed by atoms with Gasteiger partial charge in [-0.2, -0.15) is 0 Å². The Hall–Kier alpha value is -3.62. The Morgan fingerprint density at radius 1 is 1.13 bits per heavy atom. The van der Waals surface area contributed by atoms with Crippen molar-refractivity contribution in [2.75, 3.05) is 6.54 Å². The van der Waals surface area contributed by atoms with E-state index in [9.17, 15) is 23.2 Å². The molecule has 0 spiro atoms. The standard InChI is InChI=1S/C22H21F2N3O4/c1-14-3-2-4-16-21(14)25-13-27(22(16)31)9-7-19(28)26(10-8-20(29)30)12-15-5-6-17(23)18(24)11-15/h2-6,11,13H,7-10,12H2,1H3,(H,29,30). The summed E-state index contributed by atoms with van der Waals surface area (Å²) in [6.45, 7) is 1.72. The van der Waals surface area contributed by atoms with E-state index in [1.165, 1.54) is 21.9 Å². The van der Waals surface area contributed by atoms with Crippen LogP contribution in [0, 0.1) is 18.6 Å². The van der Waals surface area contributed by atoms with Crippen LogP contribution < -0.4 is 5.56 Å². The van der Waals surface area contributed by atoms with Gasteiger partial charge in [-0.3, -0.25) is 19.0 Å². The molecule has 31 heavy (non-hydrogen) atoms. The average Bonchev–Trinajstić information content (AvgIpc) is 2.73. The number of rotatable bonds is 8. The summed E-state index contributed by atoms with van der Waals surface area (Å²) in [5, 5.41) is 9.40. The van der Waals surface area contributed by atoms with Gasteiger partial charge in [-0.1, -0.05) is 18.2 Å². The van der Waals surface area contributed by atoms with Gasteiger partial charge in [-0.05, 0) is 36.2 Å². The van der Waals surface area contributed by atoms with Crippen LogP contribution >= 0.6 is 0 Å². The van der Waals surface area contributed by atoms with Crippen molar-refractivity contribution in [2.24, 2.45) is 0 Å². The molecule has 0 saturated heterocycles. The number of amides is 1. The van der Waals surface area contributed by atoms with E-state index < -0.39 is 23.5 Å². The van der Waals surface area contributed by atoms with Gasteiger partial charge in [0.05, 0.1) is 23.7 Å². The Morgan fingerprint density at radius 2 is 1.90 bits per heavy atom. The number of aliphatic carboxylic acids is 1. The van der Waals surface area contributed by atoms with Crippen molar-refractivity contribution in [3.63, 3.8) is 0 Å². The quantitative estimate of drug-likeness (QED) is 0.595. The molecule has 1 heterocycles. The van der Waals surface area contributed by atoms with E-state index in [0.717, 1.165) is 17.7 Å². The Morgan fingerprint density at radius 3 is 2.61 bits per heavy atom. The van der Waals surface area contributed by atoms with E-state index in [0.29, 0.717) is 16.5 Å². The lowest BCUT2D eigenvalue weighted by atomic mass is 10.1. The lowest BCUT2D eigenvalue weighted by Gasteiger charge is -2.22. The molecule has 3 aromatic rings. The number of halogens is 2. The summed E-state index contributed by atoms with van der Waals surface area (Å²) in [6, 6.07) is 8.52. The molecule has 1 N–H and O–H groups in total. The first-order valence-electron chi connectivity index (χ1n) is 9.64. The second kappa shape index (κ2) is 9.46. The third-order valence-electron chi connectivity index (χ3n) is 4.93. The Kier molecular flexibility index (Phi) is 6.74. The Labute approximate surface area is 176 Å². The fourth-order valence-corrected chi connectivity index (χ4v) is 3.25. The number of carbonyl (C=O) groups is 2.